The fourth-order valence-corrected chi connectivity index (χ4v) is 3.73. The standard InChI is InChI=1S/C16H28O11P2/c1-7-13(25-15(17)11(3)4)9-23-29(22,27-28(19,20)21)24-10-14(8-2)26-16(18)12(5)6/h13-14H,3,5,7-10H2,1-2,4,6H3,(H2,19,20,21). The van der Waals surface area contributed by atoms with Gasteiger partial charge in [0.1, 0.15) is 12.2 Å². The minimum absolute atomic E-state index is 0.125. The number of phosphoric ester groups is 1. The van der Waals surface area contributed by atoms with E-state index in [1.807, 2.05) is 0 Å². The van der Waals surface area contributed by atoms with Gasteiger partial charge in [-0.15, -0.1) is 0 Å². The van der Waals surface area contributed by atoms with Crippen LogP contribution in [0.2, 0.25) is 0 Å². The summed E-state index contributed by atoms with van der Waals surface area (Å²) in [5.41, 5.74) is 0.249. The van der Waals surface area contributed by atoms with Crippen molar-refractivity contribution < 1.29 is 51.3 Å². The van der Waals surface area contributed by atoms with Crippen LogP contribution >= 0.6 is 15.6 Å². The van der Waals surface area contributed by atoms with Crippen LogP contribution in [0, 0.1) is 0 Å². The number of hydrogen-bond acceptors (Lipinski definition) is 9. The van der Waals surface area contributed by atoms with Crippen molar-refractivity contribution in [2.24, 2.45) is 0 Å². The summed E-state index contributed by atoms with van der Waals surface area (Å²) in [5.74, 6) is -1.44. The Hall–Kier alpha value is -1.32. The maximum atomic E-state index is 12.6. The van der Waals surface area contributed by atoms with Gasteiger partial charge in [-0.25, -0.2) is 18.7 Å². The Morgan fingerprint density at radius 2 is 1.21 bits per heavy atom. The summed E-state index contributed by atoms with van der Waals surface area (Å²) >= 11 is 0. The van der Waals surface area contributed by atoms with Gasteiger partial charge in [0.25, 0.3) is 0 Å². The van der Waals surface area contributed by atoms with Crippen LogP contribution in [0.5, 0.6) is 0 Å². The molecule has 0 saturated carbocycles. The van der Waals surface area contributed by atoms with E-state index in [0.29, 0.717) is 0 Å². The number of carbonyl (C=O) groups is 2. The number of carbonyl (C=O) groups excluding carboxylic acids is 2. The Kier molecular flexibility index (Phi) is 11.8. The minimum Gasteiger partial charge on any atom is -0.457 e. The summed E-state index contributed by atoms with van der Waals surface area (Å²) in [6, 6.07) is 0. The third kappa shape index (κ3) is 12.1. The van der Waals surface area contributed by atoms with E-state index < -0.39 is 53.0 Å². The van der Waals surface area contributed by atoms with Crippen molar-refractivity contribution in [1.82, 2.24) is 0 Å². The van der Waals surface area contributed by atoms with E-state index in [9.17, 15) is 18.7 Å². The van der Waals surface area contributed by atoms with Crippen molar-refractivity contribution in [3.05, 3.63) is 24.3 Å². The fraction of sp³-hybridized carbons (Fsp3) is 0.625. The molecule has 0 saturated heterocycles. The minimum atomic E-state index is -5.27. The van der Waals surface area contributed by atoms with Gasteiger partial charge < -0.3 is 19.3 Å². The molecule has 0 rings (SSSR count). The Labute approximate surface area is 169 Å². The van der Waals surface area contributed by atoms with Crippen molar-refractivity contribution in [3.8, 4) is 0 Å². The van der Waals surface area contributed by atoms with Gasteiger partial charge in [-0.1, -0.05) is 27.0 Å². The lowest BCUT2D eigenvalue weighted by Gasteiger charge is -2.23. The second-order valence-electron chi connectivity index (χ2n) is 6.04. The summed E-state index contributed by atoms with van der Waals surface area (Å²) in [6.45, 7) is 11.9. The van der Waals surface area contributed by atoms with Crippen molar-refractivity contribution in [1.29, 1.82) is 0 Å². The van der Waals surface area contributed by atoms with Crippen molar-refractivity contribution in [3.63, 3.8) is 0 Å². The molecule has 0 aliphatic heterocycles. The van der Waals surface area contributed by atoms with Gasteiger partial charge >= 0.3 is 27.6 Å². The quantitative estimate of drug-likeness (QED) is 0.224. The van der Waals surface area contributed by atoms with Gasteiger partial charge in [-0.2, -0.15) is 4.31 Å². The first-order chi connectivity index (χ1) is 13.2. The second kappa shape index (κ2) is 12.4. The molecule has 0 amide bonds. The molecule has 2 atom stereocenters. The van der Waals surface area contributed by atoms with E-state index in [0.717, 1.165) is 0 Å². The van der Waals surface area contributed by atoms with Gasteiger partial charge in [0.2, 0.25) is 0 Å². The zero-order chi connectivity index (χ0) is 22.8. The second-order valence-corrected chi connectivity index (χ2v) is 9.09. The van der Waals surface area contributed by atoms with Crippen molar-refractivity contribution in [2.75, 3.05) is 13.2 Å². The molecule has 0 fully saturated rings. The largest absolute Gasteiger partial charge is 0.483 e. The average molecular weight is 458 g/mol. The van der Waals surface area contributed by atoms with Crippen LogP contribution in [-0.4, -0.2) is 47.1 Å². The highest BCUT2D eigenvalue weighted by Gasteiger charge is 2.38. The maximum absolute atomic E-state index is 12.6. The molecule has 0 aromatic heterocycles. The molecule has 0 aromatic carbocycles. The first-order valence-electron chi connectivity index (χ1n) is 8.62. The lowest BCUT2D eigenvalue weighted by molar-refractivity contribution is -0.146. The van der Waals surface area contributed by atoms with Gasteiger partial charge in [-0.05, 0) is 26.7 Å². The van der Waals surface area contributed by atoms with E-state index >= 15 is 0 Å². The highest BCUT2D eigenvalue weighted by atomic mass is 31.3. The van der Waals surface area contributed by atoms with E-state index in [1.54, 1.807) is 13.8 Å². The van der Waals surface area contributed by atoms with Crippen molar-refractivity contribution >= 4 is 27.6 Å². The Balaban J connectivity index is 5.16. The van der Waals surface area contributed by atoms with Crippen LogP contribution in [0.1, 0.15) is 40.5 Å². The van der Waals surface area contributed by atoms with Crippen LogP contribution in [0.4, 0.5) is 0 Å². The molecule has 0 spiro atoms. The maximum Gasteiger partial charge on any atom is 0.483 e. The molecule has 0 bridgehead atoms. The highest BCUT2D eigenvalue weighted by molar-refractivity contribution is 7.61. The monoisotopic (exact) mass is 458 g/mol. The lowest BCUT2D eigenvalue weighted by atomic mass is 10.3. The third-order valence-electron chi connectivity index (χ3n) is 3.20. The van der Waals surface area contributed by atoms with E-state index in [2.05, 4.69) is 17.5 Å². The summed E-state index contributed by atoms with van der Waals surface area (Å²) < 4.78 is 47.9. The van der Waals surface area contributed by atoms with E-state index in [1.165, 1.54) is 13.8 Å². The predicted molar refractivity (Wildman–Crippen MR) is 103 cm³/mol. The SMILES string of the molecule is C=C(C)C(=O)OC(CC)COP(=O)(OCC(CC)OC(=O)C(=C)C)OP(=O)(O)O. The molecule has 168 valence electrons. The first-order valence-corrected chi connectivity index (χ1v) is 11.6. The molecular formula is C16H28O11P2. The number of phosphoric acid groups is 2. The van der Waals surface area contributed by atoms with Crippen LogP contribution in [0.3, 0.4) is 0 Å². The highest BCUT2D eigenvalue weighted by Crippen LogP contribution is 2.61. The van der Waals surface area contributed by atoms with Crippen LogP contribution < -0.4 is 0 Å². The molecule has 0 aliphatic rings. The number of rotatable bonds is 14. The van der Waals surface area contributed by atoms with Crippen LogP contribution in [-0.2, 0) is 41.6 Å². The molecule has 13 heteroatoms. The van der Waals surface area contributed by atoms with Gasteiger partial charge in [-0.3, -0.25) is 9.05 Å². The van der Waals surface area contributed by atoms with Crippen LogP contribution in [0.15, 0.2) is 24.3 Å². The lowest BCUT2D eigenvalue weighted by Crippen LogP contribution is -2.25. The van der Waals surface area contributed by atoms with Crippen molar-refractivity contribution in [2.45, 2.75) is 52.7 Å². The molecule has 0 radical (unpaired) electrons. The fourth-order valence-electron chi connectivity index (χ4n) is 1.54. The number of ether oxygens (including phenoxy) is 2. The Bertz CT molecular complexity index is 653. The smallest absolute Gasteiger partial charge is 0.457 e. The molecule has 29 heavy (non-hydrogen) atoms. The predicted octanol–water partition coefficient (Wildman–Crippen LogP) is 3.03. The van der Waals surface area contributed by atoms with Gasteiger partial charge in [0.15, 0.2) is 0 Å². The number of esters is 2. The molecule has 0 aliphatic carbocycles. The zero-order valence-corrected chi connectivity index (χ0v) is 18.6. The molecule has 0 heterocycles. The zero-order valence-electron chi connectivity index (χ0n) is 16.9. The summed E-state index contributed by atoms with van der Waals surface area (Å²) in [5, 5.41) is 0. The molecule has 2 N–H and O–H groups in total. The van der Waals surface area contributed by atoms with Crippen LogP contribution in [0.25, 0.3) is 0 Å². The number of hydrogen-bond donors (Lipinski definition) is 2. The Morgan fingerprint density at radius 1 is 0.862 bits per heavy atom. The topological polar surface area (TPSA) is 155 Å². The summed E-state index contributed by atoms with van der Waals surface area (Å²) in [6.07, 6.45) is -1.33. The first kappa shape index (κ1) is 27.7. The van der Waals surface area contributed by atoms with Gasteiger partial charge in [0, 0.05) is 11.1 Å². The van der Waals surface area contributed by atoms with E-state index in [4.69, 9.17) is 28.3 Å². The van der Waals surface area contributed by atoms with E-state index in [-0.39, 0.29) is 24.0 Å². The Morgan fingerprint density at radius 3 is 1.45 bits per heavy atom. The third-order valence-corrected chi connectivity index (χ3v) is 5.78. The molecule has 11 nitrogen and oxygen atoms in total. The molecule has 2 unspecified atom stereocenters. The van der Waals surface area contributed by atoms with Gasteiger partial charge in [0.05, 0.1) is 13.2 Å². The average Bonchev–Trinajstić information content (AvgIpc) is 2.59. The summed E-state index contributed by atoms with van der Waals surface area (Å²) in [4.78, 5) is 41.2. The molecule has 0 aromatic rings. The molecular weight excluding hydrogens is 430 g/mol. The summed E-state index contributed by atoms with van der Waals surface area (Å²) in [7, 11) is -10.1. The normalized spacial score (nSPS) is 15.7.